The minimum atomic E-state index is -0.617. The van der Waals surface area contributed by atoms with Crippen molar-refractivity contribution in [2.24, 2.45) is 5.92 Å². The van der Waals surface area contributed by atoms with Crippen LogP contribution in [-0.2, 0) is 0 Å². The smallest absolute Gasteiger partial charge is 0.151 e. The maximum atomic E-state index is 13.5. The zero-order chi connectivity index (χ0) is 13.0. The van der Waals surface area contributed by atoms with Crippen LogP contribution in [0.1, 0.15) is 38.5 Å². The Morgan fingerprint density at radius 2 is 1.78 bits per heavy atom. The zero-order valence-corrected chi connectivity index (χ0v) is 10.5. The van der Waals surface area contributed by atoms with Gasteiger partial charge in [-0.15, -0.1) is 0 Å². The third-order valence-electron chi connectivity index (χ3n) is 3.63. The SMILES string of the molecule is Nc1cc(F)c(NCCCC2CCCC2)c(F)c1. The summed E-state index contributed by atoms with van der Waals surface area (Å²) in [6.45, 7) is 0.605. The standard InChI is InChI=1S/C14H20F2N2/c15-12-8-11(17)9-13(16)14(12)18-7-3-6-10-4-1-2-5-10/h8-10,18H,1-7,17H2. The number of nitrogen functional groups attached to an aromatic ring is 1. The molecule has 1 aromatic rings. The van der Waals surface area contributed by atoms with E-state index in [1.165, 1.54) is 25.7 Å². The van der Waals surface area contributed by atoms with Crippen molar-refractivity contribution in [3.63, 3.8) is 0 Å². The van der Waals surface area contributed by atoms with Gasteiger partial charge < -0.3 is 11.1 Å². The number of rotatable bonds is 5. The van der Waals surface area contributed by atoms with Gasteiger partial charge in [0.1, 0.15) is 5.69 Å². The first kappa shape index (κ1) is 13.1. The normalized spacial score (nSPS) is 16.1. The van der Waals surface area contributed by atoms with Gasteiger partial charge in [-0.3, -0.25) is 0 Å². The lowest BCUT2D eigenvalue weighted by molar-refractivity contribution is 0.490. The number of hydrogen-bond donors (Lipinski definition) is 2. The van der Waals surface area contributed by atoms with Gasteiger partial charge in [0.2, 0.25) is 0 Å². The zero-order valence-electron chi connectivity index (χ0n) is 10.5. The number of anilines is 2. The summed E-state index contributed by atoms with van der Waals surface area (Å²) in [7, 11) is 0. The summed E-state index contributed by atoms with van der Waals surface area (Å²) in [4.78, 5) is 0. The molecule has 0 unspecified atom stereocenters. The van der Waals surface area contributed by atoms with E-state index in [2.05, 4.69) is 5.32 Å². The summed E-state index contributed by atoms with van der Waals surface area (Å²) in [5, 5.41) is 2.83. The Labute approximate surface area is 107 Å². The van der Waals surface area contributed by atoms with Crippen LogP contribution in [0.15, 0.2) is 12.1 Å². The molecule has 100 valence electrons. The molecule has 3 N–H and O–H groups in total. The highest BCUT2D eigenvalue weighted by molar-refractivity contribution is 5.53. The first-order chi connectivity index (χ1) is 8.66. The second-order valence-electron chi connectivity index (χ2n) is 5.08. The van der Waals surface area contributed by atoms with Crippen LogP contribution in [0.3, 0.4) is 0 Å². The molecule has 0 heterocycles. The van der Waals surface area contributed by atoms with E-state index in [1.807, 2.05) is 0 Å². The van der Waals surface area contributed by atoms with Crippen molar-refractivity contribution in [2.75, 3.05) is 17.6 Å². The molecule has 0 amide bonds. The van der Waals surface area contributed by atoms with Gasteiger partial charge in [-0.2, -0.15) is 0 Å². The molecule has 1 aromatic carbocycles. The molecule has 1 aliphatic rings. The minimum Gasteiger partial charge on any atom is -0.399 e. The topological polar surface area (TPSA) is 38.0 Å². The van der Waals surface area contributed by atoms with Crippen molar-refractivity contribution < 1.29 is 8.78 Å². The van der Waals surface area contributed by atoms with Gasteiger partial charge in [-0.25, -0.2) is 8.78 Å². The molecule has 0 saturated heterocycles. The lowest BCUT2D eigenvalue weighted by Crippen LogP contribution is -2.08. The average molecular weight is 254 g/mol. The van der Waals surface area contributed by atoms with Crippen molar-refractivity contribution in [1.82, 2.24) is 0 Å². The van der Waals surface area contributed by atoms with E-state index in [-0.39, 0.29) is 11.4 Å². The molecule has 4 heteroatoms. The number of benzene rings is 1. The van der Waals surface area contributed by atoms with Crippen molar-refractivity contribution in [3.8, 4) is 0 Å². The molecular weight excluding hydrogens is 234 g/mol. The number of nitrogens with one attached hydrogen (secondary N) is 1. The highest BCUT2D eigenvalue weighted by atomic mass is 19.1. The van der Waals surface area contributed by atoms with Crippen molar-refractivity contribution >= 4 is 11.4 Å². The van der Waals surface area contributed by atoms with E-state index in [1.54, 1.807) is 0 Å². The van der Waals surface area contributed by atoms with Gasteiger partial charge in [0.25, 0.3) is 0 Å². The Hall–Kier alpha value is -1.32. The number of nitrogens with two attached hydrogens (primary N) is 1. The molecule has 0 bridgehead atoms. The van der Waals surface area contributed by atoms with Gasteiger partial charge in [0, 0.05) is 12.2 Å². The van der Waals surface area contributed by atoms with Crippen LogP contribution in [0.25, 0.3) is 0 Å². The number of hydrogen-bond acceptors (Lipinski definition) is 2. The third-order valence-corrected chi connectivity index (χ3v) is 3.63. The molecule has 2 rings (SSSR count). The summed E-state index contributed by atoms with van der Waals surface area (Å²) in [6, 6.07) is 2.28. The highest BCUT2D eigenvalue weighted by Crippen LogP contribution is 2.28. The van der Waals surface area contributed by atoms with Gasteiger partial charge in [0.15, 0.2) is 11.6 Å². The minimum absolute atomic E-state index is 0.0596. The van der Waals surface area contributed by atoms with Gasteiger partial charge >= 0.3 is 0 Å². The molecular formula is C14H20F2N2. The van der Waals surface area contributed by atoms with Crippen molar-refractivity contribution in [1.29, 1.82) is 0 Å². The quantitative estimate of drug-likeness (QED) is 0.617. The average Bonchev–Trinajstić information content (AvgIpc) is 2.79. The number of halogens is 2. The fourth-order valence-corrected chi connectivity index (χ4v) is 2.66. The van der Waals surface area contributed by atoms with Crippen LogP contribution >= 0.6 is 0 Å². The molecule has 1 aliphatic carbocycles. The van der Waals surface area contributed by atoms with Gasteiger partial charge in [0.05, 0.1) is 0 Å². The summed E-state index contributed by atoms with van der Waals surface area (Å²) in [5.74, 6) is -0.422. The lowest BCUT2D eigenvalue weighted by Gasteiger charge is -2.11. The van der Waals surface area contributed by atoms with Crippen LogP contribution < -0.4 is 11.1 Å². The molecule has 18 heavy (non-hydrogen) atoms. The van der Waals surface area contributed by atoms with Gasteiger partial charge in [-0.05, 0) is 30.9 Å². The predicted octanol–water partition coefficient (Wildman–Crippen LogP) is 3.93. The molecule has 1 saturated carbocycles. The molecule has 0 atom stereocenters. The van der Waals surface area contributed by atoms with Crippen LogP contribution in [-0.4, -0.2) is 6.54 Å². The Morgan fingerprint density at radius 1 is 1.17 bits per heavy atom. The van der Waals surface area contributed by atoms with Crippen molar-refractivity contribution in [2.45, 2.75) is 38.5 Å². The van der Waals surface area contributed by atoms with Crippen molar-refractivity contribution in [3.05, 3.63) is 23.8 Å². The maximum Gasteiger partial charge on any atom is 0.151 e. The van der Waals surface area contributed by atoms with Crippen LogP contribution in [0.2, 0.25) is 0 Å². The molecule has 0 aliphatic heterocycles. The van der Waals surface area contributed by atoms with E-state index in [9.17, 15) is 8.78 Å². The Balaban J connectivity index is 1.79. The van der Waals surface area contributed by atoms with E-state index in [0.29, 0.717) is 6.54 Å². The summed E-state index contributed by atoms with van der Waals surface area (Å²) >= 11 is 0. The lowest BCUT2D eigenvalue weighted by atomic mass is 10.0. The molecule has 1 fully saturated rings. The summed E-state index contributed by atoms with van der Waals surface area (Å²) in [6.07, 6.45) is 7.38. The van der Waals surface area contributed by atoms with E-state index in [4.69, 9.17) is 5.73 Å². The fraction of sp³-hybridized carbons (Fsp3) is 0.571. The molecule has 0 radical (unpaired) electrons. The Bertz CT molecular complexity index is 378. The molecule has 0 aromatic heterocycles. The van der Waals surface area contributed by atoms with Crippen LogP contribution in [0.5, 0.6) is 0 Å². The van der Waals surface area contributed by atoms with E-state index >= 15 is 0 Å². The highest BCUT2D eigenvalue weighted by Gasteiger charge is 2.14. The Kier molecular flexibility index (Phi) is 4.39. The maximum absolute atomic E-state index is 13.5. The first-order valence-electron chi connectivity index (χ1n) is 6.65. The monoisotopic (exact) mass is 254 g/mol. The summed E-state index contributed by atoms with van der Waals surface area (Å²) < 4.78 is 26.9. The third kappa shape index (κ3) is 3.34. The summed E-state index contributed by atoms with van der Waals surface area (Å²) in [5.41, 5.74) is 5.41. The van der Waals surface area contributed by atoms with E-state index < -0.39 is 11.6 Å². The first-order valence-corrected chi connectivity index (χ1v) is 6.65. The van der Waals surface area contributed by atoms with Gasteiger partial charge in [-0.1, -0.05) is 25.7 Å². The predicted molar refractivity (Wildman–Crippen MR) is 70.5 cm³/mol. The van der Waals surface area contributed by atoms with E-state index in [0.717, 1.165) is 30.9 Å². The molecule has 0 spiro atoms. The largest absolute Gasteiger partial charge is 0.399 e. The van der Waals surface area contributed by atoms with Crippen LogP contribution in [0.4, 0.5) is 20.2 Å². The second kappa shape index (κ2) is 6.03. The van der Waals surface area contributed by atoms with Crippen LogP contribution in [0, 0.1) is 17.6 Å². The Morgan fingerprint density at radius 3 is 2.39 bits per heavy atom. The second-order valence-corrected chi connectivity index (χ2v) is 5.08. The molecule has 2 nitrogen and oxygen atoms in total. The fourth-order valence-electron chi connectivity index (χ4n) is 2.66.